The molecule has 0 aromatic carbocycles. The molecule has 0 rings (SSSR count). The first-order valence-electron chi connectivity index (χ1n) is 2.83. The van der Waals surface area contributed by atoms with E-state index in [4.69, 9.17) is 5.11 Å². The smallest absolute Gasteiger partial charge is 0.320 e. The quantitative estimate of drug-likeness (QED) is 0.337. The van der Waals surface area contributed by atoms with Crippen LogP contribution in [0.2, 0.25) is 0 Å². The highest BCUT2D eigenvalue weighted by Crippen LogP contribution is 1.84. The molecule has 0 heterocycles. The van der Waals surface area contributed by atoms with Gasteiger partial charge in [0.1, 0.15) is 0 Å². The molecule has 0 saturated heterocycles. The molecule has 60 valence electrons. The van der Waals surface area contributed by atoms with Gasteiger partial charge in [-0.2, -0.15) is 0 Å². The summed E-state index contributed by atoms with van der Waals surface area (Å²) in [4.78, 5) is 20.1. The van der Waals surface area contributed by atoms with E-state index in [1.807, 2.05) is 0 Å². The van der Waals surface area contributed by atoms with E-state index in [9.17, 15) is 14.7 Å². The van der Waals surface area contributed by atoms with E-state index in [0.29, 0.717) is 0 Å². The maximum atomic E-state index is 10.3. The molecular weight excluding hydrogens is 148 g/mol. The standard InChI is InChI=1S/C7H8O4/c1-5(8)3-2-4-6(9)7(10)11/h2-4,9H,1H3,(H,10,11)/p-1/b3-2-,6-4+. The van der Waals surface area contributed by atoms with Crippen molar-refractivity contribution in [1.29, 1.82) is 0 Å². The lowest BCUT2D eigenvalue weighted by Gasteiger charge is -2.01. The Morgan fingerprint density at radius 2 is 2.00 bits per heavy atom. The monoisotopic (exact) mass is 155 g/mol. The summed E-state index contributed by atoms with van der Waals surface area (Å²) in [6.45, 7) is 1.30. The molecule has 0 aromatic heterocycles. The molecule has 0 radical (unpaired) electrons. The third-order valence-corrected chi connectivity index (χ3v) is 0.789. The van der Waals surface area contributed by atoms with Gasteiger partial charge in [0, 0.05) is 0 Å². The maximum Gasteiger partial charge on any atom is 0.320 e. The molecular formula is C7H7O4-. The summed E-state index contributed by atoms with van der Waals surface area (Å²) in [5.74, 6) is -2.81. The van der Waals surface area contributed by atoms with Crippen LogP contribution in [-0.2, 0) is 9.59 Å². The van der Waals surface area contributed by atoms with Crippen LogP contribution in [0.3, 0.4) is 0 Å². The van der Waals surface area contributed by atoms with Crippen LogP contribution in [0.15, 0.2) is 24.0 Å². The first-order chi connectivity index (χ1) is 5.04. The highest BCUT2D eigenvalue weighted by Gasteiger charge is 1.88. The van der Waals surface area contributed by atoms with E-state index >= 15 is 0 Å². The number of allylic oxidation sites excluding steroid dienone is 3. The van der Waals surface area contributed by atoms with Crippen molar-refractivity contribution in [3.05, 3.63) is 24.0 Å². The number of carboxylic acid groups (broad SMARTS) is 1. The minimum atomic E-state index is -1.53. The third-order valence-electron chi connectivity index (χ3n) is 0.789. The number of carboxylic acids is 1. The van der Waals surface area contributed by atoms with Gasteiger partial charge >= 0.3 is 5.97 Å². The first kappa shape index (κ1) is 9.42. The second-order valence-electron chi connectivity index (χ2n) is 1.81. The lowest BCUT2D eigenvalue weighted by molar-refractivity contribution is -0.302. The Hall–Kier alpha value is -1.58. The summed E-state index contributed by atoms with van der Waals surface area (Å²) >= 11 is 0. The van der Waals surface area contributed by atoms with E-state index in [1.165, 1.54) is 6.92 Å². The zero-order valence-corrected chi connectivity index (χ0v) is 5.90. The van der Waals surface area contributed by atoms with Crippen molar-refractivity contribution in [1.82, 2.24) is 0 Å². The summed E-state index contributed by atoms with van der Waals surface area (Å²) in [5.41, 5.74) is 0. The van der Waals surface area contributed by atoms with Crippen LogP contribution in [0.4, 0.5) is 0 Å². The Morgan fingerprint density at radius 1 is 1.45 bits per heavy atom. The number of carbonyl (C=O) groups is 2. The van der Waals surface area contributed by atoms with Crippen molar-refractivity contribution in [2.75, 3.05) is 0 Å². The predicted octanol–water partition coefficient (Wildman–Crippen LogP) is -0.540. The van der Waals surface area contributed by atoms with E-state index in [1.54, 1.807) is 0 Å². The fourth-order valence-electron chi connectivity index (χ4n) is 0.342. The molecule has 0 atom stereocenters. The van der Waals surface area contributed by atoms with Crippen molar-refractivity contribution >= 4 is 11.8 Å². The molecule has 0 bridgehead atoms. The molecule has 0 unspecified atom stereocenters. The fraction of sp³-hybridized carbons (Fsp3) is 0.143. The zero-order valence-electron chi connectivity index (χ0n) is 5.90. The molecule has 0 aliphatic carbocycles. The van der Waals surface area contributed by atoms with Crippen LogP contribution in [0.5, 0.6) is 0 Å². The second-order valence-corrected chi connectivity index (χ2v) is 1.81. The number of rotatable bonds is 3. The summed E-state index contributed by atoms with van der Waals surface area (Å²) in [6.07, 6.45) is 3.04. The van der Waals surface area contributed by atoms with Crippen molar-refractivity contribution < 1.29 is 19.8 Å². The minimum Gasteiger partial charge on any atom is -0.868 e. The van der Waals surface area contributed by atoms with Crippen LogP contribution in [-0.4, -0.2) is 16.9 Å². The Morgan fingerprint density at radius 3 is 2.36 bits per heavy atom. The Kier molecular flexibility index (Phi) is 3.66. The highest BCUT2D eigenvalue weighted by atomic mass is 16.4. The molecule has 0 aliphatic heterocycles. The Balaban J connectivity index is 4.13. The van der Waals surface area contributed by atoms with Gasteiger partial charge in [0.2, 0.25) is 0 Å². The van der Waals surface area contributed by atoms with Gasteiger partial charge in [0.05, 0.1) is 0 Å². The topological polar surface area (TPSA) is 77.4 Å². The summed E-state index contributed by atoms with van der Waals surface area (Å²) in [5, 5.41) is 18.4. The molecule has 11 heavy (non-hydrogen) atoms. The molecule has 0 aromatic rings. The minimum absolute atomic E-state index is 0.237. The lowest BCUT2D eigenvalue weighted by atomic mass is 10.3. The average Bonchev–Trinajstić information content (AvgIpc) is 1.86. The number of aliphatic carboxylic acids is 1. The van der Waals surface area contributed by atoms with Gasteiger partial charge in [-0.25, -0.2) is 4.79 Å². The maximum absolute atomic E-state index is 10.3. The van der Waals surface area contributed by atoms with Crippen LogP contribution in [0.1, 0.15) is 6.92 Å². The van der Waals surface area contributed by atoms with Crippen molar-refractivity contribution in [3.63, 3.8) is 0 Å². The second kappa shape index (κ2) is 4.27. The van der Waals surface area contributed by atoms with Gasteiger partial charge in [-0.05, 0) is 18.8 Å². The zero-order chi connectivity index (χ0) is 8.85. The normalized spacial score (nSPS) is 11.9. The Labute approximate surface area is 63.5 Å². The van der Waals surface area contributed by atoms with Crippen LogP contribution in [0, 0.1) is 0 Å². The molecule has 0 spiro atoms. The molecule has 0 amide bonds. The average molecular weight is 155 g/mol. The molecule has 0 fully saturated rings. The first-order valence-corrected chi connectivity index (χ1v) is 2.83. The van der Waals surface area contributed by atoms with Gasteiger partial charge in [-0.1, -0.05) is 12.2 Å². The summed E-state index contributed by atoms with van der Waals surface area (Å²) in [7, 11) is 0. The SMILES string of the molecule is CC(=O)/C=C\C=C(\[O-])C(=O)O. The van der Waals surface area contributed by atoms with Gasteiger partial charge < -0.3 is 10.2 Å². The van der Waals surface area contributed by atoms with E-state index < -0.39 is 11.7 Å². The Bertz CT molecular complexity index is 225. The van der Waals surface area contributed by atoms with Crippen LogP contribution >= 0.6 is 0 Å². The molecule has 4 heteroatoms. The number of hydrogen-bond acceptors (Lipinski definition) is 3. The number of carbonyl (C=O) groups excluding carboxylic acids is 1. The van der Waals surface area contributed by atoms with Gasteiger partial charge in [0.25, 0.3) is 0 Å². The van der Waals surface area contributed by atoms with Crippen LogP contribution in [0.25, 0.3) is 0 Å². The third kappa shape index (κ3) is 4.90. The fourth-order valence-corrected chi connectivity index (χ4v) is 0.342. The van der Waals surface area contributed by atoms with E-state index in [-0.39, 0.29) is 5.78 Å². The number of ketones is 1. The lowest BCUT2D eigenvalue weighted by Crippen LogP contribution is -2.13. The van der Waals surface area contributed by atoms with Gasteiger partial charge in [-0.15, -0.1) is 0 Å². The molecule has 1 N–H and O–H groups in total. The van der Waals surface area contributed by atoms with Gasteiger partial charge in [-0.3, -0.25) is 4.79 Å². The van der Waals surface area contributed by atoms with Crippen molar-refractivity contribution in [2.45, 2.75) is 6.92 Å². The summed E-state index contributed by atoms with van der Waals surface area (Å²) in [6, 6.07) is 0. The van der Waals surface area contributed by atoms with E-state index in [0.717, 1.165) is 18.2 Å². The van der Waals surface area contributed by atoms with Gasteiger partial charge in [0.15, 0.2) is 5.78 Å². The van der Waals surface area contributed by atoms with Crippen molar-refractivity contribution in [3.8, 4) is 0 Å². The molecule has 0 aliphatic rings. The largest absolute Gasteiger partial charge is 0.868 e. The van der Waals surface area contributed by atoms with E-state index in [2.05, 4.69) is 0 Å². The number of hydrogen-bond donors (Lipinski definition) is 1. The highest BCUT2D eigenvalue weighted by molar-refractivity contribution is 5.88. The van der Waals surface area contributed by atoms with Crippen molar-refractivity contribution in [2.24, 2.45) is 0 Å². The predicted molar refractivity (Wildman–Crippen MR) is 35.5 cm³/mol. The summed E-state index contributed by atoms with van der Waals surface area (Å²) < 4.78 is 0. The van der Waals surface area contributed by atoms with Crippen LogP contribution < -0.4 is 5.11 Å². The molecule has 0 saturated carbocycles. The molecule has 4 nitrogen and oxygen atoms in total.